The van der Waals surface area contributed by atoms with Gasteiger partial charge < -0.3 is 14.5 Å². The predicted octanol–water partition coefficient (Wildman–Crippen LogP) is 2.27. The summed E-state index contributed by atoms with van der Waals surface area (Å²) in [7, 11) is 0. The van der Waals surface area contributed by atoms with Crippen LogP contribution in [0.3, 0.4) is 0 Å². The molecule has 1 aromatic carbocycles. The monoisotopic (exact) mass is 340 g/mol. The number of nitrogens with zero attached hydrogens (tertiary/aromatic N) is 1. The smallest absolute Gasteiger partial charge is 0.286 e. The lowest BCUT2D eigenvalue weighted by atomic mass is 10.1. The number of hydrogen-bond acceptors (Lipinski definition) is 4. The number of benzene rings is 1. The van der Waals surface area contributed by atoms with E-state index in [0.717, 1.165) is 39.0 Å². The zero-order valence-corrected chi connectivity index (χ0v) is 14.3. The van der Waals surface area contributed by atoms with Gasteiger partial charge in [-0.1, -0.05) is 24.3 Å². The summed E-state index contributed by atoms with van der Waals surface area (Å²) in [5.41, 5.74) is 2.97. The molecule has 0 spiro atoms. The fourth-order valence-corrected chi connectivity index (χ4v) is 3.88. The quantitative estimate of drug-likeness (QED) is 0.907. The highest BCUT2D eigenvalue weighted by Crippen LogP contribution is 2.26. The van der Waals surface area contributed by atoms with Crippen LogP contribution in [0.2, 0.25) is 0 Å². The fraction of sp³-hybridized carbons (Fsp3) is 0.450. The molecule has 1 aliphatic carbocycles. The molecule has 0 saturated carbocycles. The minimum absolute atomic E-state index is 0.163. The lowest BCUT2D eigenvalue weighted by molar-refractivity contribution is -0.0445. The van der Waals surface area contributed by atoms with Crippen LogP contribution in [0.5, 0.6) is 0 Å². The minimum Gasteiger partial charge on any atom is -0.459 e. The van der Waals surface area contributed by atoms with E-state index in [9.17, 15) is 4.79 Å². The van der Waals surface area contributed by atoms with E-state index in [1.165, 1.54) is 17.4 Å². The Labute approximate surface area is 148 Å². The first kappa shape index (κ1) is 16.4. The fourth-order valence-electron chi connectivity index (χ4n) is 3.88. The average Bonchev–Trinajstić information content (AvgIpc) is 3.31. The summed E-state index contributed by atoms with van der Waals surface area (Å²) in [5.74, 6) is 0.193. The summed E-state index contributed by atoms with van der Waals surface area (Å²) in [4.78, 5) is 14.4. The van der Waals surface area contributed by atoms with Crippen LogP contribution in [0.4, 0.5) is 0 Å². The number of fused-ring (bicyclic) bond motifs is 1. The van der Waals surface area contributed by atoms with Crippen molar-refractivity contribution in [1.29, 1.82) is 0 Å². The van der Waals surface area contributed by atoms with E-state index in [-0.39, 0.29) is 12.0 Å². The summed E-state index contributed by atoms with van der Waals surface area (Å²) in [6.07, 6.45) is 4.78. The number of carbonyl (C=O) groups is 1. The second kappa shape index (κ2) is 7.42. The second-order valence-electron chi connectivity index (χ2n) is 6.84. The van der Waals surface area contributed by atoms with E-state index in [4.69, 9.17) is 9.15 Å². The second-order valence-corrected chi connectivity index (χ2v) is 6.84. The van der Waals surface area contributed by atoms with Gasteiger partial charge in [0.05, 0.1) is 19.0 Å². The van der Waals surface area contributed by atoms with E-state index in [2.05, 4.69) is 34.5 Å². The van der Waals surface area contributed by atoms with Crippen LogP contribution in [-0.4, -0.2) is 49.2 Å². The third-order valence-corrected chi connectivity index (χ3v) is 5.21. The van der Waals surface area contributed by atoms with Gasteiger partial charge in [0, 0.05) is 25.7 Å². The van der Waals surface area contributed by atoms with Crippen LogP contribution in [0, 0.1) is 0 Å². The largest absolute Gasteiger partial charge is 0.459 e. The van der Waals surface area contributed by atoms with Crippen LogP contribution in [-0.2, 0) is 17.6 Å². The number of amides is 1. The number of furan rings is 1. The van der Waals surface area contributed by atoms with Gasteiger partial charge in [0.25, 0.3) is 5.91 Å². The van der Waals surface area contributed by atoms with Crippen LogP contribution in [0.1, 0.15) is 28.1 Å². The Bertz CT molecular complexity index is 688. The van der Waals surface area contributed by atoms with Crippen molar-refractivity contribution >= 4 is 5.91 Å². The maximum atomic E-state index is 11.9. The van der Waals surface area contributed by atoms with Crippen molar-refractivity contribution < 1.29 is 13.9 Å². The van der Waals surface area contributed by atoms with E-state index in [1.54, 1.807) is 12.1 Å². The molecule has 5 nitrogen and oxygen atoms in total. The van der Waals surface area contributed by atoms with Gasteiger partial charge in [-0.3, -0.25) is 9.69 Å². The molecule has 1 atom stereocenters. The molecule has 4 rings (SSSR count). The van der Waals surface area contributed by atoms with Gasteiger partial charge in [-0.25, -0.2) is 0 Å². The van der Waals surface area contributed by atoms with Crippen molar-refractivity contribution in [1.82, 2.24) is 10.2 Å². The molecule has 132 valence electrons. The molecule has 1 N–H and O–H groups in total. The molecule has 0 radical (unpaired) electrons. The number of ether oxygens (including phenoxy) is 1. The molecule has 2 heterocycles. The van der Waals surface area contributed by atoms with E-state index in [0.29, 0.717) is 18.3 Å². The lowest BCUT2D eigenvalue weighted by Gasteiger charge is -2.37. The highest BCUT2D eigenvalue weighted by Gasteiger charge is 2.30. The maximum Gasteiger partial charge on any atom is 0.286 e. The normalized spacial score (nSPS) is 21.2. The number of rotatable bonds is 5. The van der Waals surface area contributed by atoms with E-state index in [1.807, 2.05) is 0 Å². The summed E-state index contributed by atoms with van der Waals surface area (Å²) in [5, 5.41) is 2.90. The molecule has 1 fully saturated rings. The first-order valence-electron chi connectivity index (χ1n) is 9.04. The Morgan fingerprint density at radius 2 is 1.96 bits per heavy atom. The first-order chi connectivity index (χ1) is 12.3. The summed E-state index contributed by atoms with van der Waals surface area (Å²) < 4.78 is 11.0. The Kier molecular flexibility index (Phi) is 4.85. The molecule has 1 saturated heterocycles. The van der Waals surface area contributed by atoms with Crippen molar-refractivity contribution in [2.75, 3.05) is 26.2 Å². The third-order valence-electron chi connectivity index (χ3n) is 5.21. The first-order valence-corrected chi connectivity index (χ1v) is 9.04. The van der Waals surface area contributed by atoms with Crippen molar-refractivity contribution in [3.63, 3.8) is 0 Å². The van der Waals surface area contributed by atoms with Gasteiger partial charge in [0.2, 0.25) is 0 Å². The molecular weight excluding hydrogens is 316 g/mol. The zero-order valence-electron chi connectivity index (χ0n) is 14.3. The van der Waals surface area contributed by atoms with Gasteiger partial charge in [0.1, 0.15) is 0 Å². The van der Waals surface area contributed by atoms with Gasteiger partial charge >= 0.3 is 0 Å². The summed E-state index contributed by atoms with van der Waals surface area (Å²) in [6.45, 7) is 3.30. The summed E-state index contributed by atoms with van der Waals surface area (Å²) >= 11 is 0. The van der Waals surface area contributed by atoms with E-state index < -0.39 is 0 Å². The molecule has 1 unspecified atom stereocenters. The number of hydrogen-bond donors (Lipinski definition) is 1. The number of carbonyl (C=O) groups excluding carboxylic acids is 1. The molecule has 25 heavy (non-hydrogen) atoms. The number of morpholine rings is 1. The van der Waals surface area contributed by atoms with Crippen LogP contribution in [0.25, 0.3) is 0 Å². The molecule has 5 heteroatoms. The Morgan fingerprint density at radius 1 is 1.16 bits per heavy atom. The lowest BCUT2D eigenvalue weighted by Crippen LogP contribution is -2.48. The van der Waals surface area contributed by atoms with Crippen LogP contribution >= 0.6 is 0 Å². The van der Waals surface area contributed by atoms with Gasteiger partial charge in [-0.05, 0) is 42.5 Å². The highest BCUT2D eigenvalue weighted by molar-refractivity contribution is 5.91. The molecule has 0 bridgehead atoms. The maximum absolute atomic E-state index is 11.9. The Hall–Kier alpha value is -2.11. The molecular formula is C20H24N2O3. The standard InChI is InChI=1S/C20H24N2O3/c23-20(19-6-3-10-25-19)21-8-7-18-14-22(9-11-24-18)17-12-15-4-1-2-5-16(15)13-17/h1-6,10,17-18H,7-9,11-14H2,(H,21,23). The molecule has 1 aromatic heterocycles. The molecule has 1 aliphatic heterocycles. The van der Waals surface area contributed by atoms with E-state index >= 15 is 0 Å². The molecule has 2 aliphatic rings. The minimum atomic E-state index is -0.163. The van der Waals surface area contributed by atoms with Crippen LogP contribution < -0.4 is 5.32 Å². The topological polar surface area (TPSA) is 54.7 Å². The molecule has 2 aromatic rings. The van der Waals surface area contributed by atoms with Gasteiger partial charge in [0.15, 0.2) is 5.76 Å². The van der Waals surface area contributed by atoms with Gasteiger partial charge in [-0.15, -0.1) is 0 Å². The number of nitrogens with one attached hydrogen (secondary N) is 1. The van der Waals surface area contributed by atoms with Crippen molar-refractivity contribution in [2.24, 2.45) is 0 Å². The Morgan fingerprint density at radius 3 is 2.68 bits per heavy atom. The molecule has 1 amide bonds. The van der Waals surface area contributed by atoms with Gasteiger partial charge in [-0.2, -0.15) is 0 Å². The third kappa shape index (κ3) is 3.78. The van der Waals surface area contributed by atoms with Crippen LogP contribution in [0.15, 0.2) is 47.1 Å². The van der Waals surface area contributed by atoms with Crippen molar-refractivity contribution in [3.8, 4) is 0 Å². The predicted molar refractivity (Wildman–Crippen MR) is 94.6 cm³/mol. The van der Waals surface area contributed by atoms with Crippen molar-refractivity contribution in [2.45, 2.75) is 31.4 Å². The highest BCUT2D eigenvalue weighted by atomic mass is 16.5. The zero-order chi connectivity index (χ0) is 17.1. The average molecular weight is 340 g/mol. The SMILES string of the molecule is O=C(NCCC1CN(C2Cc3ccccc3C2)CCO1)c1ccco1. The summed E-state index contributed by atoms with van der Waals surface area (Å²) in [6, 6.07) is 12.7. The van der Waals surface area contributed by atoms with Crippen molar-refractivity contribution in [3.05, 3.63) is 59.5 Å². The Balaban J connectivity index is 1.25.